The van der Waals surface area contributed by atoms with E-state index in [1.54, 1.807) is 19.2 Å². The van der Waals surface area contributed by atoms with E-state index in [1.165, 1.54) is 31.4 Å². The Bertz CT molecular complexity index is 1070. The lowest BCUT2D eigenvalue weighted by atomic mass is 10.1. The van der Waals surface area contributed by atoms with Crippen LogP contribution in [0.4, 0.5) is 11.4 Å². The second-order valence-corrected chi connectivity index (χ2v) is 6.97. The third kappa shape index (κ3) is 4.95. The highest BCUT2D eigenvalue weighted by molar-refractivity contribution is 6.10. The zero-order valence-corrected chi connectivity index (χ0v) is 17.3. The first kappa shape index (κ1) is 21.7. The van der Waals surface area contributed by atoms with Crippen molar-refractivity contribution in [3.05, 3.63) is 53.1 Å². The van der Waals surface area contributed by atoms with Gasteiger partial charge in [0.2, 0.25) is 0 Å². The smallest absolute Gasteiger partial charge is 0.335 e. The molecule has 8 nitrogen and oxygen atoms in total. The van der Waals surface area contributed by atoms with Gasteiger partial charge in [0.15, 0.2) is 0 Å². The third-order valence-electron chi connectivity index (χ3n) is 5.01. The standard InChI is InChI=1S/C23H23N3O5/c1-30-20-13-19(26-8-3-4-9-26)21(31-2)12-16(20)10-17(14-24)22(27)25-18-7-5-6-15(11-18)23(28)29/h5-7,10-13H,3-4,8-9H2,1-2H3,(H,25,27)(H,28,29)/b17-10-. The molecule has 2 aromatic carbocycles. The number of carboxylic acids is 1. The fraction of sp³-hybridized carbons (Fsp3) is 0.261. The molecule has 3 rings (SSSR count). The van der Waals surface area contributed by atoms with Gasteiger partial charge in [0.1, 0.15) is 23.1 Å². The molecular formula is C23H23N3O5. The van der Waals surface area contributed by atoms with E-state index >= 15 is 0 Å². The number of ether oxygens (including phenoxy) is 2. The molecule has 0 aromatic heterocycles. The number of benzene rings is 2. The number of nitrogens with zero attached hydrogens (tertiary/aromatic N) is 2. The van der Waals surface area contributed by atoms with Gasteiger partial charge in [-0.3, -0.25) is 4.79 Å². The molecule has 1 aliphatic heterocycles. The predicted molar refractivity (Wildman–Crippen MR) is 117 cm³/mol. The molecule has 1 fully saturated rings. The van der Waals surface area contributed by atoms with E-state index < -0.39 is 11.9 Å². The fourth-order valence-corrected chi connectivity index (χ4v) is 3.46. The summed E-state index contributed by atoms with van der Waals surface area (Å²) >= 11 is 0. The molecule has 1 saturated heterocycles. The van der Waals surface area contributed by atoms with Gasteiger partial charge in [-0.2, -0.15) is 5.26 Å². The van der Waals surface area contributed by atoms with E-state index in [4.69, 9.17) is 14.6 Å². The molecule has 2 aromatic rings. The van der Waals surface area contributed by atoms with Crippen LogP contribution in [0.5, 0.6) is 11.5 Å². The monoisotopic (exact) mass is 421 g/mol. The number of anilines is 2. The van der Waals surface area contributed by atoms with Crippen LogP contribution in [0.3, 0.4) is 0 Å². The minimum Gasteiger partial charge on any atom is -0.496 e. The van der Waals surface area contributed by atoms with Crippen LogP contribution in [0.15, 0.2) is 42.0 Å². The van der Waals surface area contributed by atoms with Crippen molar-refractivity contribution in [1.82, 2.24) is 0 Å². The van der Waals surface area contributed by atoms with Crippen molar-refractivity contribution >= 4 is 29.3 Å². The zero-order valence-electron chi connectivity index (χ0n) is 17.3. The maximum Gasteiger partial charge on any atom is 0.335 e. The number of carbonyl (C=O) groups excluding carboxylic acids is 1. The number of carbonyl (C=O) groups is 2. The third-order valence-corrected chi connectivity index (χ3v) is 5.01. The average Bonchev–Trinajstić information content (AvgIpc) is 3.31. The summed E-state index contributed by atoms with van der Waals surface area (Å²) in [6.07, 6.45) is 3.63. The second-order valence-electron chi connectivity index (χ2n) is 6.97. The molecule has 8 heteroatoms. The Balaban J connectivity index is 1.92. The van der Waals surface area contributed by atoms with Gasteiger partial charge in [-0.1, -0.05) is 6.07 Å². The molecule has 0 unspecified atom stereocenters. The first-order valence-corrected chi connectivity index (χ1v) is 9.74. The lowest BCUT2D eigenvalue weighted by molar-refractivity contribution is -0.112. The van der Waals surface area contributed by atoms with E-state index in [-0.39, 0.29) is 16.8 Å². The summed E-state index contributed by atoms with van der Waals surface area (Å²) < 4.78 is 11.0. The topological polar surface area (TPSA) is 112 Å². The number of rotatable bonds is 7. The van der Waals surface area contributed by atoms with Crippen LogP contribution in [0.25, 0.3) is 6.08 Å². The summed E-state index contributed by atoms with van der Waals surface area (Å²) in [5.74, 6) is -0.631. The van der Waals surface area contributed by atoms with E-state index in [9.17, 15) is 14.9 Å². The van der Waals surface area contributed by atoms with Crippen LogP contribution in [0.1, 0.15) is 28.8 Å². The lowest BCUT2D eigenvalue weighted by Crippen LogP contribution is -2.18. The summed E-state index contributed by atoms with van der Waals surface area (Å²) in [7, 11) is 3.10. The van der Waals surface area contributed by atoms with Gasteiger partial charge in [0.05, 0.1) is 25.5 Å². The molecular weight excluding hydrogens is 398 g/mol. The van der Waals surface area contributed by atoms with Crippen LogP contribution in [0, 0.1) is 11.3 Å². The van der Waals surface area contributed by atoms with Crippen LogP contribution < -0.4 is 19.7 Å². The molecule has 0 bridgehead atoms. The molecule has 0 aliphatic carbocycles. The molecule has 1 heterocycles. The van der Waals surface area contributed by atoms with Gasteiger partial charge in [0.25, 0.3) is 5.91 Å². The van der Waals surface area contributed by atoms with Crippen molar-refractivity contribution in [3.8, 4) is 17.6 Å². The molecule has 31 heavy (non-hydrogen) atoms. The van der Waals surface area contributed by atoms with E-state index in [0.717, 1.165) is 31.6 Å². The van der Waals surface area contributed by atoms with E-state index in [0.29, 0.717) is 17.1 Å². The van der Waals surface area contributed by atoms with Gasteiger partial charge >= 0.3 is 5.97 Å². The number of nitrogens with one attached hydrogen (secondary N) is 1. The Hall–Kier alpha value is -3.99. The number of amides is 1. The number of hydrogen-bond acceptors (Lipinski definition) is 6. The summed E-state index contributed by atoms with van der Waals surface area (Å²) in [5, 5.41) is 21.2. The maximum absolute atomic E-state index is 12.6. The number of hydrogen-bond donors (Lipinski definition) is 2. The number of carboxylic acid groups (broad SMARTS) is 1. The number of nitriles is 1. The van der Waals surface area contributed by atoms with Gasteiger partial charge in [-0.25, -0.2) is 4.79 Å². The van der Waals surface area contributed by atoms with Crippen molar-refractivity contribution in [3.63, 3.8) is 0 Å². The lowest BCUT2D eigenvalue weighted by Gasteiger charge is -2.22. The van der Waals surface area contributed by atoms with Crippen LogP contribution >= 0.6 is 0 Å². The van der Waals surface area contributed by atoms with Gasteiger partial charge in [-0.05, 0) is 43.2 Å². The van der Waals surface area contributed by atoms with Gasteiger partial charge < -0.3 is 24.8 Å². The minimum absolute atomic E-state index is 0.0317. The summed E-state index contributed by atoms with van der Waals surface area (Å²) in [5.41, 5.74) is 1.58. The summed E-state index contributed by atoms with van der Waals surface area (Å²) in [6.45, 7) is 1.85. The molecule has 0 radical (unpaired) electrons. The maximum atomic E-state index is 12.6. The first-order valence-electron chi connectivity index (χ1n) is 9.74. The van der Waals surface area contributed by atoms with Gasteiger partial charge in [0, 0.05) is 30.4 Å². The highest BCUT2D eigenvalue weighted by Gasteiger charge is 2.20. The van der Waals surface area contributed by atoms with Crippen molar-refractivity contribution < 1.29 is 24.2 Å². The zero-order chi connectivity index (χ0) is 22.4. The molecule has 0 saturated carbocycles. The number of methoxy groups -OCH3 is 2. The van der Waals surface area contributed by atoms with Crippen molar-refractivity contribution in [2.45, 2.75) is 12.8 Å². The highest BCUT2D eigenvalue weighted by atomic mass is 16.5. The van der Waals surface area contributed by atoms with Gasteiger partial charge in [-0.15, -0.1) is 0 Å². The predicted octanol–water partition coefficient (Wildman–Crippen LogP) is 3.55. The Labute approximate surface area is 180 Å². The largest absolute Gasteiger partial charge is 0.496 e. The first-order chi connectivity index (χ1) is 15.0. The average molecular weight is 421 g/mol. The van der Waals surface area contributed by atoms with E-state index in [2.05, 4.69) is 10.2 Å². The molecule has 2 N–H and O–H groups in total. The van der Waals surface area contributed by atoms with Crippen molar-refractivity contribution in [2.75, 3.05) is 37.5 Å². The molecule has 1 aliphatic rings. The summed E-state index contributed by atoms with van der Waals surface area (Å²) in [4.78, 5) is 26.0. The van der Waals surface area contributed by atoms with Crippen LogP contribution in [-0.4, -0.2) is 44.3 Å². The normalized spacial score (nSPS) is 13.5. The van der Waals surface area contributed by atoms with Crippen LogP contribution in [-0.2, 0) is 4.79 Å². The minimum atomic E-state index is -1.11. The summed E-state index contributed by atoms with van der Waals surface area (Å²) in [6, 6.07) is 11.3. The molecule has 0 atom stereocenters. The van der Waals surface area contributed by atoms with Crippen molar-refractivity contribution in [2.24, 2.45) is 0 Å². The quantitative estimate of drug-likeness (QED) is 0.519. The van der Waals surface area contributed by atoms with Crippen molar-refractivity contribution in [1.29, 1.82) is 5.26 Å². The Morgan fingerprint density at radius 2 is 1.84 bits per heavy atom. The Kier molecular flexibility index (Phi) is 6.78. The number of aromatic carboxylic acids is 1. The van der Waals surface area contributed by atoms with E-state index in [1.807, 2.05) is 12.1 Å². The highest BCUT2D eigenvalue weighted by Crippen LogP contribution is 2.38. The SMILES string of the molecule is COc1cc(N2CCCC2)c(OC)cc1/C=C(/C#N)C(=O)Nc1cccc(C(=O)O)c1. The molecule has 0 spiro atoms. The Morgan fingerprint density at radius 1 is 1.13 bits per heavy atom. The molecule has 160 valence electrons. The molecule has 1 amide bonds. The second kappa shape index (κ2) is 9.67. The fourth-order valence-electron chi connectivity index (χ4n) is 3.46. The Morgan fingerprint density at radius 3 is 2.45 bits per heavy atom. The van der Waals surface area contributed by atoms with Crippen LogP contribution in [0.2, 0.25) is 0 Å².